The first-order valence-electron chi connectivity index (χ1n) is 6.81. The molecule has 1 atom stereocenters. The summed E-state index contributed by atoms with van der Waals surface area (Å²) in [6, 6.07) is 0. The smallest absolute Gasteiger partial charge is 0.249 e. The maximum atomic E-state index is 11.8. The van der Waals surface area contributed by atoms with Gasteiger partial charge in [0.05, 0.1) is 5.60 Å². The van der Waals surface area contributed by atoms with Gasteiger partial charge in [-0.3, -0.25) is 4.79 Å². The number of nitrogens with one attached hydrogen (secondary N) is 1. The molecule has 1 amide bonds. The van der Waals surface area contributed by atoms with Gasteiger partial charge < -0.3 is 15.2 Å². The third-order valence-corrected chi connectivity index (χ3v) is 3.85. The number of ether oxygens (including phenoxy) is 1. The number of carbonyl (C=O) groups excluding carboxylic acids is 1. The lowest BCUT2D eigenvalue weighted by molar-refractivity contribution is -0.131. The fourth-order valence-electron chi connectivity index (χ4n) is 2.71. The zero-order valence-corrected chi connectivity index (χ0v) is 10.4. The lowest BCUT2D eigenvalue weighted by atomic mass is 9.94. The van der Waals surface area contributed by atoms with Gasteiger partial charge in [0.2, 0.25) is 5.91 Å². The number of carbonyl (C=O) groups is 1. The second-order valence-corrected chi connectivity index (χ2v) is 5.36. The van der Waals surface area contributed by atoms with E-state index in [9.17, 15) is 9.90 Å². The van der Waals surface area contributed by atoms with Crippen molar-refractivity contribution in [2.24, 2.45) is 0 Å². The molecule has 1 heterocycles. The highest BCUT2D eigenvalue weighted by Crippen LogP contribution is 2.26. The van der Waals surface area contributed by atoms with Crippen molar-refractivity contribution < 1.29 is 14.6 Å². The minimum atomic E-state index is -0.690. The summed E-state index contributed by atoms with van der Waals surface area (Å²) >= 11 is 0. The van der Waals surface area contributed by atoms with Crippen molar-refractivity contribution in [2.75, 3.05) is 13.2 Å². The predicted octanol–water partition coefficient (Wildman–Crippen LogP) is 1.37. The Kier molecular flexibility index (Phi) is 4.40. The minimum Gasteiger partial charge on any atom is -0.388 e. The molecule has 0 aromatic rings. The topological polar surface area (TPSA) is 58.6 Å². The van der Waals surface area contributed by atoms with Crippen LogP contribution in [0, 0.1) is 0 Å². The molecule has 1 aliphatic heterocycles. The molecule has 98 valence electrons. The fraction of sp³-hybridized carbons (Fsp3) is 0.923. The first kappa shape index (κ1) is 12.8. The standard InChI is InChI=1S/C13H23NO3/c15-12(11-6-5-9-17-11)14-10-13(16)7-3-1-2-4-8-13/h11,16H,1-10H2,(H,14,15)/t11-/m1/s1. The average molecular weight is 241 g/mol. The number of rotatable bonds is 3. The highest BCUT2D eigenvalue weighted by molar-refractivity contribution is 5.81. The molecule has 0 unspecified atom stereocenters. The van der Waals surface area contributed by atoms with E-state index >= 15 is 0 Å². The lowest BCUT2D eigenvalue weighted by Crippen LogP contribution is -2.45. The summed E-state index contributed by atoms with van der Waals surface area (Å²) in [6.45, 7) is 1.06. The Morgan fingerprint density at radius 1 is 1.24 bits per heavy atom. The van der Waals surface area contributed by atoms with E-state index in [1.807, 2.05) is 0 Å². The van der Waals surface area contributed by atoms with Gasteiger partial charge in [0.15, 0.2) is 0 Å². The molecule has 2 rings (SSSR count). The fourth-order valence-corrected chi connectivity index (χ4v) is 2.71. The van der Waals surface area contributed by atoms with Crippen LogP contribution in [0.3, 0.4) is 0 Å². The van der Waals surface area contributed by atoms with Crippen LogP contribution in [0.15, 0.2) is 0 Å². The summed E-state index contributed by atoms with van der Waals surface area (Å²) in [5, 5.41) is 13.2. The zero-order chi connectivity index (χ0) is 12.1. The van der Waals surface area contributed by atoms with Gasteiger partial charge in [-0.2, -0.15) is 0 Å². The summed E-state index contributed by atoms with van der Waals surface area (Å²) < 4.78 is 5.32. The van der Waals surface area contributed by atoms with Gasteiger partial charge in [0.25, 0.3) is 0 Å². The molecule has 17 heavy (non-hydrogen) atoms. The number of hydrogen-bond acceptors (Lipinski definition) is 3. The average Bonchev–Trinajstić information content (AvgIpc) is 2.77. The Bertz CT molecular complexity index is 253. The summed E-state index contributed by atoms with van der Waals surface area (Å²) in [5.74, 6) is -0.0554. The number of aliphatic hydroxyl groups is 1. The van der Waals surface area contributed by atoms with E-state index in [-0.39, 0.29) is 12.0 Å². The van der Waals surface area contributed by atoms with Gasteiger partial charge >= 0.3 is 0 Å². The molecule has 0 bridgehead atoms. The third-order valence-electron chi connectivity index (χ3n) is 3.85. The van der Waals surface area contributed by atoms with Crippen LogP contribution < -0.4 is 5.32 Å². The van der Waals surface area contributed by atoms with Crippen molar-refractivity contribution in [1.29, 1.82) is 0 Å². The quantitative estimate of drug-likeness (QED) is 0.734. The normalized spacial score (nSPS) is 28.6. The summed E-state index contributed by atoms with van der Waals surface area (Å²) in [7, 11) is 0. The van der Waals surface area contributed by atoms with Crippen LogP contribution in [0.25, 0.3) is 0 Å². The monoisotopic (exact) mass is 241 g/mol. The van der Waals surface area contributed by atoms with Crippen LogP contribution >= 0.6 is 0 Å². The number of amides is 1. The van der Waals surface area contributed by atoms with Crippen LogP contribution in [0.4, 0.5) is 0 Å². The van der Waals surface area contributed by atoms with Gasteiger partial charge in [0.1, 0.15) is 6.10 Å². The van der Waals surface area contributed by atoms with Gasteiger partial charge in [-0.25, -0.2) is 0 Å². The summed E-state index contributed by atoms with van der Waals surface area (Å²) in [4.78, 5) is 11.8. The Balaban J connectivity index is 1.77. The molecular formula is C13H23NO3. The Morgan fingerprint density at radius 2 is 1.94 bits per heavy atom. The van der Waals surface area contributed by atoms with E-state index in [1.165, 1.54) is 12.8 Å². The second kappa shape index (κ2) is 5.83. The first-order chi connectivity index (χ1) is 8.20. The van der Waals surface area contributed by atoms with Gasteiger partial charge in [-0.15, -0.1) is 0 Å². The van der Waals surface area contributed by atoms with Crippen LogP contribution in [0.5, 0.6) is 0 Å². The van der Waals surface area contributed by atoms with E-state index in [0.29, 0.717) is 13.2 Å². The Hall–Kier alpha value is -0.610. The van der Waals surface area contributed by atoms with E-state index in [4.69, 9.17) is 4.74 Å². The molecule has 2 N–H and O–H groups in total. The van der Waals surface area contributed by atoms with E-state index < -0.39 is 5.60 Å². The molecule has 1 saturated heterocycles. The maximum Gasteiger partial charge on any atom is 0.249 e. The molecule has 4 nitrogen and oxygen atoms in total. The highest BCUT2D eigenvalue weighted by Gasteiger charge is 2.30. The van der Waals surface area contributed by atoms with Crippen molar-refractivity contribution >= 4 is 5.91 Å². The maximum absolute atomic E-state index is 11.8. The van der Waals surface area contributed by atoms with Crippen molar-refractivity contribution in [2.45, 2.75) is 63.1 Å². The zero-order valence-electron chi connectivity index (χ0n) is 10.4. The molecule has 1 aliphatic carbocycles. The minimum absolute atomic E-state index is 0.0554. The molecule has 0 radical (unpaired) electrons. The Morgan fingerprint density at radius 3 is 2.53 bits per heavy atom. The van der Waals surface area contributed by atoms with Crippen LogP contribution in [0.2, 0.25) is 0 Å². The Labute approximate surface area is 103 Å². The van der Waals surface area contributed by atoms with Crippen molar-refractivity contribution in [1.82, 2.24) is 5.32 Å². The van der Waals surface area contributed by atoms with Crippen molar-refractivity contribution in [3.05, 3.63) is 0 Å². The van der Waals surface area contributed by atoms with E-state index in [1.54, 1.807) is 0 Å². The molecule has 0 aromatic heterocycles. The summed E-state index contributed by atoms with van der Waals surface area (Å²) in [5.41, 5.74) is -0.690. The van der Waals surface area contributed by atoms with Crippen LogP contribution in [-0.4, -0.2) is 35.9 Å². The molecule has 2 aliphatic rings. The largest absolute Gasteiger partial charge is 0.388 e. The molecule has 2 fully saturated rings. The van der Waals surface area contributed by atoms with Crippen molar-refractivity contribution in [3.8, 4) is 0 Å². The van der Waals surface area contributed by atoms with Crippen LogP contribution in [-0.2, 0) is 9.53 Å². The van der Waals surface area contributed by atoms with E-state index in [0.717, 1.165) is 38.5 Å². The number of hydrogen-bond donors (Lipinski definition) is 2. The molecule has 1 saturated carbocycles. The van der Waals surface area contributed by atoms with Gasteiger partial charge in [0, 0.05) is 13.2 Å². The first-order valence-corrected chi connectivity index (χ1v) is 6.81. The van der Waals surface area contributed by atoms with Crippen molar-refractivity contribution in [3.63, 3.8) is 0 Å². The SMILES string of the molecule is O=C(NCC1(O)CCCCCC1)[C@H]1CCCO1. The lowest BCUT2D eigenvalue weighted by Gasteiger charge is -2.27. The van der Waals surface area contributed by atoms with Gasteiger partial charge in [-0.05, 0) is 25.7 Å². The van der Waals surface area contributed by atoms with E-state index in [2.05, 4.69) is 5.32 Å². The molecular weight excluding hydrogens is 218 g/mol. The molecule has 0 spiro atoms. The van der Waals surface area contributed by atoms with Gasteiger partial charge in [-0.1, -0.05) is 25.7 Å². The highest BCUT2D eigenvalue weighted by atomic mass is 16.5. The molecule has 0 aromatic carbocycles. The third kappa shape index (κ3) is 3.68. The van der Waals surface area contributed by atoms with Crippen LogP contribution in [0.1, 0.15) is 51.4 Å². The predicted molar refractivity (Wildman–Crippen MR) is 64.6 cm³/mol. The molecule has 4 heteroatoms. The summed E-state index contributed by atoms with van der Waals surface area (Å²) in [6.07, 6.45) is 7.61. The second-order valence-electron chi connectivity index (χ2n) is 5.36.